The van der Waals surface area contributed by atoms with Crippen molar-refractivity contribution in [2.75, 3.05) is 13.6 Å². The maximum Gasteiger partial charge on any atom is 0.324 e. The van der Waals surface area contributed by atoms with Crippen LogP contribution in [0.3, 0.4) is 0 Å². The summed E-state index contributed by atoms with van der Waals surface area (Å²) < 4.78 is 0. The summed E-state index contributed by atoms with van der Waals surface area (Å²) in [6.07, 6.45) is 0. The number of aliphatic carboxylic acids is 1. The number of hydrogen-bond acceptors (Lipinski definition) is 3. The van der Waals surface area contributed by atoms with Crippen LogP contribution in [0.2, 0.25) is 0 Å². The quantitative estimate of drug-likeness (QED) is 0.630. The van der Waals surface area contributed by atoms with E-state index in [0.717, 1.165) is 0 Å². The molecule has 0 amide bonds. The van der Waals surface area contributed by atoms with Gasteiger partial charge >= 0.3 is 5.97 Å². The predicted molar refractivity (Wildman–Crippen MR) is 65.3 cm³/mol. The molecule has 5 nitrogen and oxygen atoms in total. The van der Waals surface area contributed by atoms with Gasteiger partial charge in [-0.1, -0.05) is 31.2 Å². The van der Waals surface area contributed by atoms with Crippen molar-refractivity contribution in [2.24, 2.45) is 10.3 Å². The molecule has 0 aliphatic carbocycles. The van der Waals surface area contributed by atoms with Gasteiger partial charge in [-0.2, -0.15) is 0 Å². The summed E-state index contributed by atoms with van der Waals surface area (Å²) in [5, 5.41) is 17.5. The van der Waals surface area contributed by atoms with Crippen LogP contribution in [0.25, 0.3) is 0 Å². The maximum absolute atomic E-state index is 10.4. The standard InChI is InChI=1S/C12H17N3O2/c1-9(2)10-4-6-11(7-5-10)13-14-15(3)8-12(16)17/h4-7,9H,8H2,1-3H3,(H,16,17). The van der Waals surface area contributed by atoms with Crippen LogP contribution >= 0.6 is 0 Å². The maximum atomic E-state index is 10.4. The Morgan fingerprint density at radius 2 is 1.94 bits per heavy atom. The smallest absolute Gasteiger partial charge is 0.324 e. The van der Waals surface area contributed by atoms with Crippen LogP contribution in [0.15, 0.2) is 34.6 Å². The van der Waals surface area contributed by atoms with Gasteiger partial charge in [0, 0.05) is 7.05 Å². The fourth-order valence-electron chi connectivity index (χ4n) is 1.28. The molecule has 1 aromatic carbocycles. The molecular formula is C12H17N3O2. The molecule has 0 saturated carbocycles. The van der Waals surface area contributed by atoms with Crippen LogP contribution in [0.1, 0.15) is 25.3 Å². The lowest BCUT2D eigenvalue weighted by Crippen LogP contribution is -2.19. The molecule has 1 aromatic rings. The van der Waals surface area contributed by atoms with Crippen LogP contribution < -0.4 is 0 Å². The highest BCUT2D eigenvalue weighted by Crippen LogP contribution is 2.19. The van der Waals surface area contributed by atoms with Crippen molar-refractivity contribution in [2.45, 2.75) is 19.8 Å². The zero-order chi connectivity index (χ0) is 12.8. The van der Waals surface area contributed by atoms with E-state index in [2.05, 4.69) is 24.2 Å². The van der Waals surface area contributed by atoms with Gasteiger partial charge in [0.2, 0.25) is 0 Å². The van der Waals surface area contributed by atoms with E-state index < -0.39 is 5.97 Å². The zero-order valence-corrected chi connectivity index (χ0v) is 10.3. The van der Waals surface area contributed by atoms with E-state index in [1.54, 1.807) is 7.05 Å². The molecule has 0 unspecified atom stereocenters. The average molecular weight is 235 g/mol. The first-order valence-corrected chi connectivity index (χ1v) is 5.43. The van der Waals surface area contributed by atoms with Gasteiger partial charge in [0.25, 0.3) is 0 Å². The molecule has 0 fully saturated rings. The summed E-state index contributed by atoms with van der Waals surface area (Å²) in [6.45, 7) is 4.09. The molecule has 0 atom stereocenters. The molecule has 0 aliphatic heterocycles. The first-order valence-electron chi connectivity index (χ1n) is 5.43. The van der Waals surface area contributed by atoms with E-state index in [9.17, 15) is 4.79 Å². The van der Waals surface area contributed by atoms with Crippen molar-refractivity contribution in [3.8, 4) is 0 Å². The molecule has 0 heterocycles. The van der Waals surface area contributed by atoms with E-state index in [4.69, 9.17) is 5.11 Å². The SMILES string of the molecule is CC(C)c1ccc(N=NN(C)CC(=O)O)cc1. The number of carboxylic acid groups (broad SMARTS) is 1. The highest BCUT2D eigenvalue weighted by atomic mass is 16.4. The number of carboxylic acids is 1. The van der Waals surface area contributed by atoms with Gasteiger partial charge in [0.05, 0.1) is 5.69 Å². The van der Waals surface area contributed by atoms with Gasteiger partial charge in [-0.05, 0) is 23.6 Å². The largest absolute Gasteiger partial charge is 0.480 e. The van der Waals surface area contributed by atoms with Crippen LogP contribution in [-0.2, 0) is 4.79 Å². The predicted octanol–water partition coefficient (Wildman–Crippen LogP) is 2.83. The summed E-state index contributed by atoms with van der Waals surface area (Å²) in [4.78, 5) is 10.4. The van der Waals surface area contributed by atoms with Crippen molar-refractivity contribution in [1.82, 2.24) is 5.01 Å². The van der Waals surface area contributed by atoms with Gasteiger partial charge in [-0.3, -0.25) is 9.80 Å². The van der Waals surface area contributed by atoms with Gasteiger partial charge < -0.3 is 5.11 Å². The summed E-state index contributed by atoms with van der Waals surface area (Å²) >= 11 is 0. The summed E-state index contributed by atoms with van der Waals surface area (Å²) in [5.74, 6) is -0.447. The minimum atomic E-state index is -0.929. The van der Waals surface area contributed by atoms with Crippen LogP contribution in [0.4, 0.5) is 5.69 Å². The third-order valence-electron chi connectivity index (χ3n) is 2.24. The van der Waals surface area contributed by atoms with Crippen molar-refractivity contribution < 1.29 is 9.90 Å². The Hall–Kier alpha value is -1.91. The summed E-state index contributed by atoms with van der Waals surface area (Å²) in [5.41, 5.74) is 1.95. The fourth-order valence-corrected chi connectivity index (χ4v) is 1.28. The van der Waals surface area contributed by atoms with Gasteiger partial charge in [0.1, 0.15) is 6.54 Å². The number of hydrogen-bond donors (Lipinski definition) is 1. The third kappa shape index (κ3) is 4.63. The fraction of sp³-hybridized carbons (Fsp3) is 0.417. The Morgan fingerprint density at radius 3 is 2.41 bits per heavy atom. The van der Waals surface area contributed by atoms with Crippen molar-refractivity contribution in [3.63, 3.8) is 0 Å². The van der Waals surface area contributed by atoms with Crippen LogP contribution in [0.5, 0.6) is 0 Å². The average Bonchev–Trinajstić information content (AvgIpc) is 2.26. The number of benzene rings is 1. The molecule has 1 N–H and O–H groups in total. The lowest BCUT2D eigenvalue weighted by molar-refractivity contribution is -0.138. The normalized spacial score (nSPS) is 11.1. The molecule has 92 valence electrons. The highest BCUT2D eigenvalue weighted by Gasteiger charge is 2.01. The van der Waals surface area contributed by atoms with Crippen molar-refractivity contribution in [3.05, 3.63) is 29.8 Å². The third-order valence-corrected chi connectivity index (χ3v) is 2.24. The van der Waals surface area contributed by atoms with E-state index >= 15 is 0 Å². The highest BCUT2D eigenvalue weighted by molar-refractivity contribution is 5.68. The molecule has 0 aliphatic rings. The van der Waals surface area contributed by atoms with Crippen molar-refractivity contribution in [1.29, 1.82) is 0 Å². The molecule has 17 heavy (non-hydrogen) atoms. The number of carbonyl (C=O) groups is 1. The molecule has 1 rings (SSSR count). The molecule has 0 radical (unpaired) electrons. The summed E-state index contributed by atoms with van der Waals surface area (Å²) in [6, 6.07) is 7.73. The Labute approximate surface area is 101 Å². The molecule has 5 heteroatoms. The molecule has 0 saturated heterocycles. The molecule has 0 bridgehead atoms. The van der Waals surface area contributed by atoms with E-state index in [-0.39, 0.29) is 6.54 Å². The van der Waals surface area contributed by atoms with Gasteiger partial charge in [-0.25, -0.2) is 0 Å². The van der Waals surface area contributed by atoms with Crippen LogP contribution in [-0.4, -0.2) is 29.7 Å². The Balaban J connectivity index is 2.62. The second kappa shape index (κ2) is 5.98. The number of rotatable bonds is 5. The van der Waals surface area contributed by atoms with Gasteiger partial charge in [0.15, 0.2) is 0 Å². The minimum absolute atomic E-state index is 0.159. The molecule has 0 aromatic heterocycles. The van der Waals surface area contributed by atoms with E-state index in [1.165, 1.54) is 10.6 Å². The zero-order valence-electron chi connectivity index (χ0n) is 10.3. The van der Waals surface area contributed by atoms with E-state index in [1.807, 2.05) is 24.3 Å². The Kier molecular flexibility index (Phi) is 4.63. The number of likely N-dealkylation sites (N-methyl/N-ethyl adjacent to an activating group) is 1. The van der Waals surface area contributed by atoms with E-state index in [0.29, 0.717) is 11.6 Å². The van der Waals surface area contributed by atoms with Crippen molar-refractivity contribution >= 4 is 11.7 Å². The van der Waals surface area contributed by atoms with Gasteiger partial charge in [-0.15, -0.1) is 5.11 Å². The summed E-state index contributed by atoms with van der Waals surface area (Å²) in [7, 11) is 1.57. The first kappa shape index (κ1) is 13.2. The molecular weight excluding hydrogens is 218 g/mol. The lowest BCUT2D eigenvalue weighted by Gasteiger charge is -2.07. The Bertz CT molecular complexity index is 399. The minimum Gasteiger partial charge on any atom is -0.480 e. The first-order chi connectivity index (χ1) is 7.99. The molecule has 0 spiro atoms. The Morgan fingerprint density at radius 1 is 1.35 bits per heavy atom. The number of nitrogens with zero attached hydrogens (tertiary/aromatic N) is 3. The van der Waals surface area contributed by atoms with Crippen LogP contribution in [0, 0.1) is 0 Å². The second-order valence-corrected chi connectivity index (χ2v) is 4.15. The monoisotopic (exact) mass is 235 g/mol. The second-order valence-electron chi connectivity index (χ2n) is 4.15. The topological polar surface area (TPSA) is 65.3 Å². The lowest BCUT2D eigenvalue weighted by atomic mass is 10.0.